The summed E-state index contributed by atoms with van der Waals surface area (Å²) in [7, 11) is 0. The number of nitrogens with one attached hydrogen (secondary N) is 1. The highest BCUT2D eigenvalue weighted by atomic mass is 19.4. The van der Waals surface area contributed by atoms with E-state index in [1.165, 1.54) is 12.1 Å². The highest BCUT2D eigenvalue weighted by molar-refractivity contribution is 5.76. The van der Waals surface area contributed by atoms with Crippen LogP contribution < -0.4 is 5.32 Å². The lowest BCUT2D eigenvalue weighted by atomic mass is 9.98. The van der Waals surface area contributed by atoms with Crippen LogP contribution in [0.5, 0.6) is 0 Å². The molecule has 0 spiro atoms. The Morgan fingerprint density at radius 3 is 2.18 bits per heavy atom. The standard InChI is InChI=1S/C16H22F3NO2/c1-4-13(20-14(21)9-10(2)3)15(22)11-5-7-12(8-6-11)16(17,18)19/h5-8,10,13,15,22H,4,9H2,1-3H3,(H,20,21). The highest BCUT2D eigenvalue weighted by Crippen LogP contribution is 2.30. The van der Waals surface area contributed by atoms with Gasteiger partial charge in [0.25, 0.3) is 0 Å². The maximum Gasteiger partial charge on any atom is 0.416 e. The molecule has 0 aliphatic heterocycles. The van der Waals surface area contributed by atoms with Gasteiger partial charge in [0, 0.05) is 6.42 Å². The van der Waals surface area contributed by atoms with Gasteiger partial charge >= 0.3 is 6.18 Å². The van der Waals surface area contributed by atoms with Crippen LogP contribution in [-0.2, 0) is 11.0 Å². The number of alkyl halides is 3. The van der Waals surface area contributed by atoms with E-state index in [2.05, 4.69) is 5.32 Å². The Morgan fingerprint density at radius 2 is 1.77 bits per heavy atom. The fraction of sp³-hybridized carbons (Fsp3) is 0.562. The first-order valence-corrected chi connectivity index (χ1v) is 7.29. The molecule has 0 fully saturated rings. The number of benzene rings is 1. The average molecular weight is 317 g/mol. The molecule has 6 heteroatoms. The molecule has 0 saturated carbocycles. The van der Waals surface area contributed by atoms with Crippen molar-refractivity contribution in [3.05, 3.63) is 35.4 Å². The molecule has 1 amide bonds. The molecule has 1 aromatic rings. The number of hydrogen-bond donors (Lipinski definition) is 2. The van der Waals surface area contributed by atoms with E-state index in [1.807, 2.05) is 13.8 Å². The summed E-state index contributed by atoms with van der Waals surface area (Å²) in [5.74, 6) is 0.0218. The summed E-state index contributed by atoms with van der Waals surface area (Å²) in [5.41, 5.74) is -0.412. The number of aliphatic hydroxyl groups excluding tert-OH is 1. The Labute approximate surface area is 128 Å². The van der Waals surface area contributed by atoms with Gasteiger partial charge in [-0.25, -0.2) is 0 Å². The van der Waals surface area contributed by atoms with Crippen LogP contribution in [0.25, 0.3) is 0 Å². The quantitative estimate of drug-likeness (QED) is 0.841. The van der Waals surface area contributed by atoms with Gasteiger partial charge in [-0.1, -0.05) is 32.9 Å². The molecule has 2 N–H and O–H groups in total. The van der Waals surface area contributed by atoms with Crippen LogP contribution in [0.3, 0.4) is 0 Å². The fourth-order valence-corrected chi connectivity index (χ4v) is 2.14. The largest absolute Gasteiger partial charge is 0.416 e. The predicted octanol–water partition coefficient (Wildman–Crippen LogP) is 3.68. The summed E-state index contributed by atoms with van der Waals surface area (Å²) in [4.78, 5) is 11.8. The van der Waals surface area contributed by atoms with Gasteiger partial charge in [-0.3, -0.25) is 4.79 Å². The van der Waals surface area contributed by atoms with E-state index in [0.29, 0.717) is 18.4 Å². The molecule has 0 bridgehead atoms. The molecule has 1 rings (SSSR count). The van der Waals surface area contributed by atoms with Gasteiger partial charge in [-0.2, -0.15) is 13.2 Å². The minimum absolute atomic E-state index is 0.173. The number of halogens is 3. The molecule has 0 heterocycles. The second-order valence-corrected chi connectivity index (χ2v) is 5.74. The molecule has 3 nitrogen and oxygen atoms in total. The molecule has 0 aromatic heterocycles. The third-order valence-corrected chi connectivity index (χ3v) is 3.34. The van der Waals surface area contributed by atoms with E-state index in [4.69, 9.17) is 0 Å². The molecule has 0 aliphatic carbocycles. The van der Waals surface area contributed by atoms with Crippen LogP contribution in [0.2, 0.25) is 0 Å². The minimum atomic E-state index is -4.40. The topological polar surface area (TPSA) is 49.3 Å². The average Bonchev–Trinajstić information content (AvgIpc) is 2.42. The van der Waals surface area contributed by atoms with Crippen LogP contribution in [0.4, 0.5) is 13.2 Å². The van der Waals surface area contributed by atoms with Crippen molar-refractivity contribution < 1.29 is 23.1 Å². The van der Waals surface area contributed by atoms with E-state index < -0.39 is 23.9 Å². The second kappa shape index (κ2) is 7.63. The van der Waals surface area contributed by atoms with E-state index >= 15 is 0 Å². The van der Waals surface area contributed by atoms with Gasteiger partial charge in [0.2, 0.25) is 5.91 Å². The van der Waals surface area contributed by atoms with Crippen molar-refractivity contribution in [1.82, 2.24) is 5.32 Å². The van der Waals surface area contributed by atoms with Crippen molar-refractivity contribution in [1.29, 1.82) is 0 Å². The van der Waals surface area contributed by atoms with Crippen molar-refractivity contribution in [2.45, 2.75) is 51.9 Å². The number of rotatable bonds is 6. The monoisotopic (exact) mass is 317 g/mol. The Morgan fingerprint density at radius 1 is 1.23 bits per heavy atom. The van der Waals surface area contributed by atoms with Gasteiger partial charge in [0.15, 0.2) is 0 Å². The molecule has 22 heavy (non-hydrogen) atoms. The third kappa shape index (κ3) is 5.33. The molecule has 0 radical (unpaired) electrons. The second-order valence-electron chi connectivity index (χ2n) is 5.74. The highest BCUT2D eigenvalue weighted by Gasteiger charge is 2.30. The Hall–Kier alpha value is -1.56. The molecule has 0 saturated heterocycles. The Bertz CT molecular complexity index is 483. The van der Waals surface area contributed by atoms with Crippen molar-refractivity contribution in [3.8, 4) is 0 Å². The van der Waals surface area contributed by atoms with Crippen LogP contribution >= 0.6 is 0 Å². The molecule has 0 aliphatic rings. The first-order chi connectivity index (χ1) is 10.1. The number of aliphatic hydroxyl groups is 1. The SMILES string of the molecule is CCC(NC(=O)CC(C)C)C(O)c1ccc(C(F)(F)F)cc1. The molecule has 2 unspecified atom stereocenters. The maximum atomic E-state index is 12.5. The van der Waals surface area contributed by atoms with E-state index in [-0.39, 0.29) is 11.8 Å². The van der Waals surface area contributed by atoms with Crippen molar-refractivity contribution in [2.24, 2.45) is 5.92 Å². The first kappa shape index (κ1) is 18.5. The van der Waals surface area contributed by atoms with Crippen LogP contribution in [0, 0.1) is 5.92 Å². The van der Waals surface area contributed by atoms with E-state index in [9.17, 15) is 23.1 Å². The summed E-state index contributed by atoms with van der Waals surface area (Å²) in [6.45, 7) is 5.62. The molecule has 2 atom stereocenters. The van der Waals surface area contributed by atoms with Crippen LogP contribution in [0.1, 0.15) is 50.8 Å². The van der Waals surface area contributed by atoms with Crippen LogP contribution in [0.15, 0.2) is 24.3 Å². The molecular formula is C16H22F3NO2. The number of carbonyl (C=O) groups excluding carboxylic acids is 1. The summed E-state index contributed by atoms with van der Waals surface area (Å²) in [6.07, 6.45) is -4.62. The lowest BCUT2D eigenvalue weighted by molar-refractivity contribution is -0.137. The number of amides is 1. The van der Waals surface area contributed by atoms with Crippen molar-refractivity contribution >= 4 is 5.91 Å². The molecular weight excluding hydrogens is 295 g/mol. The lowest BCUT2D eigenvalue weighted by Crippen LogP contribution is -2.39. The summed E-state index contributed by atoms with van der Waals surface area (Å²) in [6, 6.07) is 3.82. The first-order valence-electron chi connectivity index (χ1n) is 7.29. The van der Waals surface area contributed by atoms with Gasteiger partial charge in [-0.05, 0) is 30.0 Å². The lowest BCUT2D eigenvalue weighted by Gasteiger charge is -2.24. The zero-order valence-corrected chi connectivity index (χ0v) is 12.9. The van der Waals surface area contributed by atoms with E-state index in [1.54, 1.807) is 6.92 Å². The molecule has 1 aromatic carbocycles. The van der Waals surface area contributed by atoms with Crippen molar-refractivity contribution in [2.75, 3.05) is 0 Å². The van der Waals surface area contributed by atoms with Crippen LogP contribution in [-0.4, -0.2) is 17.1 Å². The molecule has 124 valence electrons. The van der Waals surface area contributed by atoms with Gasteiger partial charge < -0.3 is 10.4 Å². The zero-order valence-electron chi connectivity index (χ0n) is 12.9. The minimum Gasteiger partial charge on any atom is -0.386 e. The smallest absolute Gasteiger partial charge is 0.386 e. The summed E-state index contributed by atoms with van der Waals surface area (Å²) in [5, 5.41) is 13.0. The number of hydrogen-bond acceptors (Lipinski definition) is 2. The normalized spacial score (nSPS) is 14.7. The summed E-state index contributed by atoms with van der Waals surface area (Å²) >= 11 is 0. The third-order valence-electron chi connectivity index (χ3n) is 3.34. The van der Waals surface area contributed by atoms with E-state index in [0.717, 1.165) is 12.1 Å². The number of carbonyl (C=O) groups is 1. The summed E-state index contributed by atoms with van der Waals surface area (Å²) < 4.78 is 37.6. The Balaban J connectivity index is 2.79. The fourth-order valence-electron chi connectivity index (χ4n) is 2.14. The van der Waals surface area contributed by atoms with Gasteiger partial charge in [-0.15, -0.1) is 0 Å². The predicted molar refractivity (Wildman–Crippen MR) is 78.1 cm³/mol. The maximum absolute atomic E-state index is 12.5. The zero-order chi connectivity index (χ0) is 16.9. The van der Waals surface area contributed by atoms with Crippen molar-refractivity contribution in [3.63, 3.8) is 0 Å². The Kier molecular flexibility index (Phi) is 6.41. The van der Waals surface area contributed by atoms with Gasteiger partial charge in [0.05, 0.1) is 17.7 Å². The van der Waals surface area contributed by atoms with Gasteiger partial charge in [0.1, 0.15) is 0 Å².